The summed E-state index contributed by atoms with van der Waals surface area (Å²) in [6.45, 7) is 0.153. The summed E-state index contributed by atoms with van der Waals surface area (Å²) in [6.07, 6.45) is 4.61. The lowest BCUT2D eigenvalue weighted by atomic mass is 10.1. The van der Waals surface area contributed by atoms with E-state index in [1.807, 2.05) is 18.2 Å². The van der Waals surface area contributed by atoms with E-state index in [1.165, 1.54) is 0 Å². The van der Waals surface area contributed by atoms with Crippen molar-refractivity contribution >= 4 is 28.5 Å². The van der Waals surface area contributed by atoms with Gasteiger partial charge in [-0.05, 0) is 25.0 Å². The number of urea groups is 1. The number of aliphatic carboxylic acids is 1. The first-order valence-corrected chi connectivity index (χ1v) is 6.72. The average Bonchev–Trinajstić information content (AvgIpc) is 3.27. The van der Waals surface area contributed by atoms with E-state index >= 15 is 0 Å². The zero-order valence-electron chi connectivity index (χ0n) is 11.3. The van der Waals surface area contributed by atoms with Crippen molar-refractivity contribution in [1.82, 2.24) is 10.3 Å². The summed E-state index contributed by atoms with van der Waals surface area (Å²) in [5.74, 6) is -0.848. The first-order chi connectivity index (χ1) is 10.1. The van der Waals surface area contributed by atoms with Gasteiger partial charge in [0.1, 0.15) is 0 Å². The molecule has 0 saturated heterocycles. The summed E-state index contributed by atoms with van der Waals surface area (Å²) in [5.41, 5.74) is -0.0902. The monoisotopic (exact) mass is 285 g/mol. The van der Waals surface area contributed by atoms with Crippen LogP contribution in [-0.4, -0.2) is 28.6 Å². The largest absolute Gasteiger partial charge is 0.481 e. The number of carbonyl (C=O) groups excluding carboxylic acids is 1. The Kier molecular flexibility index (Phi) is 3.21. The van der Waals surface area contributed by atoms with Gasteiger partial charge in [-0.25, -0.2) is 4.79 Å². The van der Waals surface area contributed by atoms with Crippen LogP contribution in [0.3, 0.4) is 0 Å². The molecule has 2 aromatic rings. The Balaban J connectivity index is 1.68. The van der Waals surface area contributed by atoms with Gasteiger partial charge < -0.3 is 15.7 Å². The first kappa shape index (κ1) is 13.4. The fourth-order valence-electron chi connectivity index (χ4n) is 2.26. The highest BCUT2D eigenvalue weighted by Crippen LogP contribution is 2.45. The Morgan fingerprint density at radius 2 is 2.10 bits per heavy atom. The van der Waals surface area contributed by atoms with Crippen LogP contribution in [0.5, 0.6) is 0 Å². The minimum absolute atomic E-state index is 0.153. The number of nitrogens with one attached hydrogen (secondary N) is 2. The molecule has 1 aromatic heterocycles. The van der Waals surface area contributed by atoms with Gasteiger partial charge in [0.15, 0.2) is 0 Å². The van der Waals surface area contributed by atoms with Gasteiger partial charge in [0.25, 0.3) is 0 Å². The third-order valence-electron chi connectivity index (χ3n) is 3.82. The van der Waals surface area contributed by atoms with Crippen LogP contribution in [0.4, 0.5) is 10.5 Å². The minimum Gasteiger partial charge on any atom is -0.481 e. The maximum absolute atomic E-state index is 11.9. The number of rotatable bonds is 4. The molecule has 1 heterocycles. The van der Waals surface area contributed by atoms with Crippen molar-refractivity contribution in [2.24, 2.45) is 5.41 Å². The SMILES string of the molecule is O=C(NCC1(C(=O)O)CC1)Nc1cccc2cnccc12. The van der Waals surface area contributed by atoms with Gasteiger partial charge in [0.05, 0.1) is 11.1 Å². The predicted molar refractivity (Wildman–Crippen MR) is 78.1 cm³/mol. The number of anilines is 1. The fraction of sp³-hybridized carbons (Fsp3) is 0.267. The van der Waals surface area contributed by atoms with Crippen molar-refractivity contribution in [3.8, 4) is 0 Å². The van der Waals surface area contributed by atoms with E-state index in [-0.39, 0.29) is 6.54 Å². The predicted octanol–water partition coefficient (Wildman–Crippen LogP) is 2.22. The standard InChI is InChI=1S/C15H15N3O3/c19-13(20)15(5-6-15)9-17-14(21)18-12-3-1-2-10-8-16-7-4-11(10)12/h1-4,7-8H,5-6,9H2,(H,19,20)(H2,17,18,21). The van der Waals surface area contributed by atoms with Crippen molar-refractivity contribution in [3.05, 3.63) is 36.7 Å². The zero-order valence-corrected chi connectivity index (χ0v) is 11.3. The number of hydrogen-bond acceptors (Lipinski definition) is 3. The number of fused-ring (bicyclic) bond motifs is 1. The molecule has 2 amide bonds. The van der Waals surface area contributed by atoms with Gasteiger partial charge in [0, 0.05) is 29.7 Å². The number of hydrogen-bond donors (Lipinski definition) is 3. The molecular weight excluding hydrogens is 270 g/mol. The molecule has 1 saturated carbocycles. The van der Waals surface area contributed by atoms with Gasteiger partial charge in [-0.3, -0.25) is 9.78 Å². The van der Waals surface area contributed by atoms with Gasteiger partial charge in [-0.15, -0.1) is 0 Å². The van der Waals surface area contributed by atoms with E-state index in [0.29, 0.717) is 18.5 Å². The van der Waals surface area contributed by atoms with Crippen LogP contribution < -0.4 is 10.6 Å². The molecule has 0 bridgehead atoms. The summed E-state index contributed by atoms with van der Waals surface area (Å²) in [7, 11) is 0. The summed E-state index contributed by atoms with van der Waals surface area (Å²) in [5, 5.41) is 16.3. The Morgan fingerprint density at radius 1 is 1.29 bits per heavy atom. The average molecular weight is 285 g/mol. The van der Waals surface area contributed by atoms with Crippen molar-refractivity contribution in [1.29, 1.82) is 0 Å². The zero-order chi connectivity index (χ0) is 14.9. The Bertz CT molecular complexity index is 705. The number of aromatic nitrogens is 1. The molecule has 1 aliphatic rings. The lowest BCUT2D eigenvalue weighted by Crippen LogP contribution is -2.36. The molecule has 1 fully saturated rings. The fourth-order valence-corrected chi connectivity index (χ4v) is 2.26. The van der Waals surface area contributed by atoms with Gasteiger partial charge in [0.2, 0.25) is 0 Å². The molecular formula is C15H15N3O3. The maximum atomic E-state index is 11.9. The molecule has 6 nitrogen and oxygen atoms in total. The molecule has 108 valence electrons. The molecule has 3 N–H and O–H groups in total. The van der Waals surface area contributed by atoms with E-state index in [1.54, 1.807) is 18.5 Å². The van der Waals surface area contributed by atoms with Gasteiger partial charge in [-0.1, -0.05) is 12.1 Å². The quantitative estimate of drug-likeness (QED) is 0.803. The highest BCUT2D eigenvalue weighted by molar-refractivity contribution is 6.01. The summed E-state index contributed by atoms with van der Waals surface area (Å²) in [4.78, 5) is 27.0. The molecule has 0 spiro atoms. The van der Waals surface area contributed by atoms with E-state index in [4.69, 9.17) is 5.11 Å². The second-order valence-electron chi connectivity index (χ2n) is 5.30. The lowest BCUT2D eigenvalue weighted by molar-refractivity contribution is -0.143. The molecule has 1 aliphatic carbocycles. The molecule has 6 heteroatoms. The minimum atomic E-state index is -0.848. The number of amides is 2. The van der Waals surface area contributed by atoms with Crippen LogP contribution in [0.2, 0.25) is 0 Å². The van der Waals surface area contributed by atoms with E-state index < -0.39 is 17.4 Å². The van der Waals surface area contributed by atoms with E-state index in [0.717, 1.165) is 10.8 Å². The third-order valence-corrected chi connectivity index (χ3v) is 3.82. The molecule has 1 aromatic carbocycles. The number of pyridine rings is 1. The van der Waals surface area contributed by atoms with E-state index in [9.17, 15) is 9.59 Å². The number of carboxylic acid groups (broad SMARTS) is 1. The first-order valence-electron chi connectivity index (χ1n) is 6.72. The highest BCUT2D eigenvalue weighted by Gasteiger charge is 2.50. The van der Waals surface area contributed by atoms with Crippen molar-refractivity contribution < 1.29 is 14.7 Å². The molecule has 0 atom stereocenters. The van der Waals surface area contributed by atoms with E-state index in [2.05, 4.69) is 15.6 Å². The summed E-state index contributed by atoms with van der Waals surface area (Å²) < 4.78 is 0. The van der Waals surface area contributed by atoms with Gasteiger partial charge in [-0.2, -0.15) is 0 Å². The summed E-state index contributed by atoms with van der Waals surface area (Å²) in [6, 6.07) is 6.97. The second-order valence-corrected chi connectivity index (χ2v) is 5.30. The molecule has 21 heavy (non-hydrogen) atoms. The van der Waals surface area contributed by atoms with Gasteiger partial charge >= 0.3 is 12.0 Å². The molecule has 3 rings (SSSR count). The maximum Gasteiger partial charge on any atom is 0.319 e. The van der Waals surface area contributed by atoms with Crippen molar-refractivity contribution in [3.63, 3.8) is 0 Å². The number of benzene rings is 1. The Labute approximate surface area is 121 Å². The number of nitrogens with zero attached hydrogens (tertiary/aromatic N) is 1. The lowest BCUT2D eigenvalue weighted by Gasteiger charge is -2.13. The van der Waals surface area contributed by atoms with Crippen LogP contribution in [0.25, 0.3) is 10.8 Å². The topological polar surface area (TPSA) is 91.3 Å². The van der Waals surface area contributed by atoms with Crippen molar-refractivity contribution in [2.45, 2.75) is 12.8 Å². The Hall–Kier alpha value is -2.63. The van der Waals surface area contributed by atoms with Crippen molar-refractivity contribution in [2.75, 3.05) is 11.9 Å². The third kappa shape index (κ3) is 2.65. The number of carboxylic acids is 1. The van der Waals surface area contributed by atoms with Crippen LogP contribution in [0.15, 0.2) is 36.7 Å². The normalized spacial score (nSPS) is 15.4. The molecule has 0 radical (unpaired) electrons. The van der Waals surface area contributed by atoms with Crippen LogP contribution >= 0.6 is 0 Å². The second kappa shape index (κ2) is 5.05. The van der Waals surface area contributed by atoms with Crippen LogP contribution in [0.1, 0.15) is 12.8 Å². The highest BCUT2D eigenvalue weighted by atomic mass is 16.4. The molecule has 0 aliphatic heterocycles. The molecule has 0 unspecified atom stereocenters. The Morgan fingerprint density at radius 3 is 2.81 bits per heavy atom. The number of carbonyl (C=O) groups is 2. The van der Waals surface area contributed by atoms with Crippen LogP contribution in [0, 0.1) is 5.41 Å². The smallest absolute Gasteiger partial charge is 0.319 e. The summed E-state index contributed by atoms with van der Waals surface area (Å²) >= 11 is 0. The van der Waals surface area contributed by atoms with Crippen LogP contribution in [-0.2, 0) is 4.79 Å².